The zero-order valence-corrected chi connectivity index (χ0v) is 12.0. The molecule has 0 saturated heterocycles. The van der Waals surface area contributed by atoms with E-state index >= 15 is 0 Å². The Bertz CT molecular complexity index is 693. The monoisotopic (exact) mass is 299 g/mol. The van der Waals surface area contributed by atoms with Crippen LogP contribution in [0.5, 0.6) is 5.75 Å². The highest BCUT2D eigenvalue weighted by molar-refractivity contribution is 6.30. The summed E-state index contributed by atoms with van der Waals surface area (Å²) in [7, 11) is 0. The first-order chi connectivity index (χ1) is 10.2. The van der Waals surface area contributed by atoms with Gasteiger partial charge < -0.3 is 9.84 Å². The van der Waals surface area contributed by atoms with E-state index in [2.05, 4.69) is 6.07 Å². The van der Waals surface area contributed by atoms with Crippen molar-refractivity contribution in [1.82, 2.24) is 0 Å². The number of aliphatic hydroxyl groups excluding tert-OH is 1. The minimum atomic E-state index is -0.997. The standard InChI is InChI=1S/C17H14ClNO2/c18-13-7-5-12(6-8-13)16(20)17(11-19)9-10-21-15-4-2-1-3-14(15)17/h1-8,16,20H,9-10H2. The Kier molecular flexibility index (Phi) is 3.59. The SMILES string of the molecule is N#CC1(C(O)c2ccc(Cl)cc2)CCOc2ccccc21. The Balaban J connectivity index is 2.10. The smallest absolute Gasteiger partial charge is 0.124 e. The zero-order valence-electron chi connectivity index (χ0n) is 11.3. The van der Waals surface area contributed by atoms with Crippen molar-refractivity contribution in [3.63, 3.8) is 0 Å². The second-order valence-electron chi connectivity index (χ2n) is 5.13. The van der Waals surface area contributed by atoms with Gasteiger partial charge in [-0.15, -0.1) is 0 Å². The van der Waals surface area contributed by atoms with Crippen LogP contribution in [-0.4, -0.2) is 11.7 Å². The number of nitriles is 1. The molecule has 0 radical (unpaired) electrons. The number of hydrogen-bond acceptors (Lipinski definition) is 3. The van der Waals surface area contributed by atoms with Crippen molar-refractivity contribution >= 4 is 11.6 Å². The summed E-state index contributed by atoms with van der Waals surface area (Å²) >= 11 is 5.89. The van der Waals surface area contributed by atoms with Crippen molar-refractivity contribution in [2.24, 2.45) is 0 Å². The first-order valence-corrected chi connectivity index (χ1v) is 7.12. The van der Waals surface area contributed by atoms with E-state index < -0.39 is 11.5 Å². The topological polar surface area (TPSA) is 53.2 Å². The maximum atomic E-state index is 10.8. The average Bonchev–Trinajstić information content (AvgIpc) is 2.54. The van der Waals surface area contributed by atoms with Crippen molar-refractivity contribution < 1.29 is 9.84 Å². The van der Waals surface area contributed by atoms with Crippen molar-refractivity contribution in [1.29, 1.82) is 5.26 Å². The van der Waals surface area contributed by atoms with E-state index in [4.69, 9.17) is 16.3 Å². The van der Waals surface area contributed by atoms with Crippen LogP contribution in [0.3, 0.4) is 0 Å². The van der Waals surface area contributed by atoms with Gasteiger partial charge in [0, 0.05) is 17.0 Å². The number of fused-ring (bicyclic) bond motifs is 1. The molecular formula is C17H14ClNO2. The molecule has 0 amide bonds. The van der Waals surface area contributed by atoms with Crippen LogP contribution in [0.25, 0.3) is 0 Å². The number of para-hydroxylation sites is 1. The Hall–Kier alpha value is -2.02. The first kappa shape index (κ1) is 13.9. The number of ether oxygens (including phenoxy) is 1. The lowest BCUT2D eigenvalue weighted by atomic mass is 9.71. The van der Waals surface area contributed by atoms with E-state index in [1.807, 2.05) is 24.3 Å². The minimum Gasteiger partial charge on any atom is -0.493 e. The van der Waals surface area contributed by atoms with E-state index in [1.165, 1.54) is 0 Å². The summed E-state index contributed by atoms with van der Waals surface area (Å²) in [6.45, 7) is 0.412. The van der Waals surface area contributed by atoms with E-state index in [0.29, 0.717) is 29.4 Å². The molecule has 21 heavy (non-hydrogen) atoms. The van der Waals surface area contributed by atoms with E-state index in [9.17, 15) is 10.4 Å². The highest BCUT2D eigenvalue weighted by atomic mass is 35.5. The highest BCUT2D eigenvalue weighted by Gasteiger charge is 2.45. The summed E-state index contributed by atoms with van der Waals surface area (Å²) < 4.78 is 5.60. The molecule has 0 fully saturated rings. The van der Waals surface area contributed by atoms with Crippen LogP contribution in [0.4, 0.5) is 0 Å². The molecule has 0 aliphatic carbocycles. The number of halogens is 1. The Morgan fingerprint density at radius 1 is 1.19 bits per heavy atom. The van der Waals surface area contributed by atoms with Crippen LogP contribution in [-0.2, 0) is 5.41 Å². The number of aliphatic hydroxyl groups is 1. The van der Waals surface area contributed by atoms with Gasteiger partial charge in [0.05, 0.1) is 12.7 Å². The average molecular weight is 300 g/mol. The minimum absolute atomic E-state index is 0.412. The second kappa shape index (κ2) is 5.40. The Morgan fingerprint density at radius 2 is 1.90 bits per heavy atom. The first-order valence-electron chi connectivity index (χ1n) is 6.74. The zero-order chi connectivity index (χ0) is 14.9. The molecule has 0 saturated carbocycles. The molecule has 1 N–H and O–H groups in total. The van der Waals surface area contributed by atoms with Crippen LogP contribution in [0.15, 0.2) is 48.5 Å². The van der Waals surface area contributed by atoms with Gasteiger partial charge in [0.15, 0.2) is 0 Å². The molecule has 2 aromatic rings. The quantitative estimate of drug-likeness (QED) is 0.921. The molecule has 0 aromatic heterocycles. The number of hydrogen-bond donors (Lipinski definition) is 1. The van der Waals surface area contributed by atoms with E-state index in [0.717, 1.165) is 5.56 Å². The van der Waals surface area contributed by atoms with Gasteiger partial charge >= 0.3 is 0 Å². The third-order valence-corrected chi connectivity index (χ3v) is 4.23. The molecular weight excluding hydrogens is 286 g/mol. The van der Waals surface area contributed by atoms with Gasteiger partial charge in [-0.05, 0) is 23.8 Å². The summed E-state index contributed by atoms with van der Waals surface area (Å²) in [5.41, 5.74) is 0.418. The lowest BCUT2D eigenvalue weighted by Gasteiger charge is -2.37. The van der Waals surface area contributed by atoms with Gasteiger partial charge in [-0.25, -0.2) is 0 Å². The molecule has 1 aliphatic rings. The number of rotatable bonds is 2. The molecule has 106 valence electrons. The lowest BCUT2D eigenvalue weighted by Crippen LogP contribution is -2.37. The van der Waals surface area contributed by atoms with Crippen molar-refractivity contribution in [2.45, 2.75) is 17.9 Å². The van der Waals surface area contributed by atoms with Gasteiger partial charge in [0.1, 0.15) is 17.3 Å². The summed E-state index contributed by atoms with van der Waals surface area (Å²) in [5.74, 6) is 0.665. The highest BCUT2D eigenvalue weighted by Crippen LogP contribution is 2.46. The van der Waals surface area contributed by atoms with Crippen molar-refractivity contribution in [2.75, 3.05) is 6.61 Å². The van der Waals surface area contributed by atoms with Gasteiger partial charge in [-0.2, -0.15) is 5.26 Å². The molecule has 3 rings (SSSR count). The fourth-order valence-electron chi connectivity index (χ4n) is 2.81. The van der Waals surface area contributed by atoms with E-state index in [-0.39, 0.29) is 0 Å². The van der Waals surface area contributed by atoms with Gasteiger partial charge in [0.25, 0.3) is 0 Å². The molecule has 0 spiro atoms. The number of benzene rings is 2. The summed E-state index contributed by atoms with van der Waals surface area (Å²) in [6, 6.07) is 16.7. The molecule has 2 aromatic carbocycles. The largest absolute Gasteiger partial charge is 0.493 e. The fourth-order valence-corrected chi connectivity index (χ4v) is 2.93. The van der Waals surface area contributed by atoms with Gasteiger partial charge in [-0.1, -0.05) is 41.9 Å². The predicted molar refractivity (Wildman–Crippen MR) is 80.3 cm³/mol. The van der Waals surface area contributed by atoms with Crippen molar-refractivity contribution in [3.05, 3.63) is 64.7 Å². The third-order valence-electron chi connectivity index (χ3n) is 3.97. The van der Waals surface area contributed by atoms with Crippen LogP contribution < -0.4 is 4.74 Å². The molecule has 0 bridgehead atoms. The summed E-state index contributed by atoms with van der Waals surface area (Å²) in [5, 5.41) is 21.2. The molecule has 2 unspecified atom stereocenters. The predicted octanol–water partition coefficient (Wildman–Crippen LogP) is 3.62. The van der Waals surface area contributed by atoms with Crippen LogP contribution in [0.1, 0.15) is 23.7 Å². The Morgan fingerprint density at radius 3 is 2.62 bits per heavy atom. The van der Waals surface area contributed by atoms with Gasteiger partial charge in [-0.3, -0.25) is 0 Å². The van der Waals surface area contributed by atoms with Crippen LogP contribution >= 0.6 is 11.6 Å². The normalized spacial score (nSPS) is 21.8. The molecule has 4 heteroatoms. The molecule has 1 heterocycles. The lowest BCUT2D eigenvalue weighted by molar-refractivity contribution is 0.0807. The Labute approximate surface area is 128 Å². The summed E-state index contributed by atoms with van der Waals surface area (Å²) in [6.07, 6.45) is -0.477. The maximum Gasteiger partial charge on any atom is 0.124 e. The van der Waals surface area contributed by atoms with Crippen molar-refractivity contribution in [3.8, 4) is 11.8 Å². The van der Waals surface area contributed by atoms with Crippen LogP contribution in [0.2, 0.25) is 5.02 Å². The number of nitrogens with zero attached hydrogens (tertiary/aromatic N) is 1. The molecule has 3 nitrogen and oxygen atoms in total. The third kappa shape index (κ3) is 2.27. The second-order valence-corrected chi connectivity index (χ2v) is 5.57. The van der Waals surface area contributed by atoms with Crippen LogP contribution in [0, 0.1) is 11.3 Å². The molecule has 1 aliphatic heterocycles. The van der Waals surface area contributed by atoms with Gasteiger partial charge in [0.2, 0.25) is 0 Å². The maximum absolute atomic E-state index is 10.8. The molecule has 2 atom stereocenters. The fraction of sp³-hybridized carbons (Fsp3) is 0.235. The summed E-state index contributed by atoms with van der Waals surface area (Å²) in [4.78, 5) is 0. The van der Waals surface area contributed by atoms with E-state index in [1.54, 1.807) is 24.3 Å².